The van der Waals surface area contributed by atoms with Crippen molar-refractivity contribution in [2.75, 3.05) is 59.8 Å². The van der Waals surface area contributed by atoms with Crippen LogP contribution in [0.25, 0.3) is 0 Å². The molecule has 0 aliphatic carbocycles. The van der Waals surface area contributed by atoms with Crippen LogP contribution in [-0.2, 0) is 38.4 Å². The van der Waals surface area contributed by atoms with Gasteiger partial charge in [0.1, 0.15) is 42.3 Å². The molecule has 0 spiro atoms. The normalized spacial score (nSPS) is 14.9. The van der Waals surface area contributed by atoms with Crippen LogP contribution >= 0.6 is 11.8 Å². The number of thioether (sulfide) groups is 1. The van der Waals surface area contributed by atoms with Crippen LogP contribution in [0.4, 0.5) is 0 Å². The van der Waals surface area contributed by atoms with Crippen LogP contribution < -0.4 is 26.6 Å². The fourth-order valence-corrected chi connectivity index (χ4v) is 8.70. The summed E-state index contributed by atoms with van der Waals surface area (Å²) in [6, 6.07) is -7.29. The van der Waals surface area contributed by atoms with Crippen molar-refractivity contribution in [2.24, 2.45) is 23.7 Å². The molecule has 18 nitrogen and oxygen atoms in total. The molecule has 394 valence electrons. The zero-order chi connectivity index (χ0) is 52.8. The van der Waals surface area contributed by atoms with Gasteiger partial charge in [0.25, 0.3) is 0 Å². The standard InChI is InChI=1S/C49H93N9O9S/c1-19-22-40(59)55(15)39(29-68-24-21-20-23-51-28-32(6)7)47(65)58(18)38(27-49(12,13)67)45(63)54-41(33(8)9)48(66)57(17)37(26-31(4)5)44(62)52-34(10)42(60)53-35(11)46(64)56(16)36(25-30(2)3)43(61)50-14/h30-39,41,51,67H,19-29H2,1-18H3,(H,50,61)(H,52,62)(H,53,60)(H,54,63)/t34-,35+,36+,37+,38+,39-,41+/m1/s1. The van der Waals surface area contributed by atoms with Crippen molar-refractivity contribution in [3.63, 3.8) is 0 Å². The lowest BCUT2D eigenvalue weighted by molar-refractivity contribution is -0.149. The molecular formula is C49H93N9O9S. The first-order valence-electron chi connectivity index (χ1n) is 24.6. The molecule has 6 N–H and O–H groups in total. The first-order valence-corrected chi connectivity index (χ1v) is 25.8. The number of hydrogen-bond donors (Lipinski definition) is 6. The predicted octanol–water partition coefficient (Wildman–Crippen LogP) is 3.00. The summed E-state index contributed by atoms with van der Waals surface area (Å²) in [5.74, 6) is -2.89. The zero-order valence-corrected chi connectivity index (χ0v) is 45.9. The lowest BCUT2D eigenvalue weighted by atomic mass is 9.95. The lowest BCUT2D eigenvalue weighted by Crippen LogP contribution is -2.61. The topological polar surface area (TPSA) is 230 Å². The van der Waals surface area contributed by atoms with E-state index in [1.165, 1.54) is 75.5 Å². The van der Waals surface area contributed by atoms with E-state index in [1.54, 1.807) is 32.7 Å². The highest BCUT2D eigenvalue weighted by Crippen LogP contribution is 2.22. The van der Waals surface area contributed by atoms with E-state index in [-0.39, 0.29) is 42.9 Å². The summed E-state index contributed by atoms with van der Waals surface area (Å²) in [5, 5.41) is 25.2. The molecule has 19 heteroatoms. The van der Waals surface area contributed by atoms with E-state index in [0.29, 0.717) is 24.5 Å². The maximum absolute atomic E-state index is 14.4. The van der Waals surface area contributed by atoms with Crippen molar-refractivity contribution < 1.29 is 43.5 Å². The average molecular weight is 984 g/mol. The maximum atomic E-state index is 14.4. The van der Waals surface area contributed by atoms with E-state index < -0.39 is 89.3 Å². The van der Waals surface area contributed by atoms with Gasteiger partial charge >= 0.3 is 0 Å². The second-order valence-corrected chi connectivity index (χ2v) is 21.8. The van der Waals surface area contributed by atoms with E-state index in [4.69, 9.17) is 0 Å². The van der Waals surface area contributed by atoms with Gasteiger partial charge in [-0.2, -0.15) is 11.8 Å². The van der Waals surface area contributed by atoms with Crippen molar-refractivity contribution in [1.29, 1.82) is 0 Å². The minimum absolute atomic E-state index is 0.0829. The molecule has 0 bridgehead atoms. The van der Waals surface area contributed by atoms with Gasteiger partial charge < -0.3 is 51.3 Å². The molecule has 8 amide bonds. The molecule has 0 saturated carbocycles. The maximum Gasteiger partial charge on any atom is 0.246 e. The third-order valence-electron chi connectivity index (χ3n) is 11.7. The summed E-state index contributed by atoms with van der Waals surface area (Å²) < 4.78 is 0. The Hall–Kier alpha value is -3.97. The van der Waals surface area contributed by atoms with Crippen LogP contribution in [0.1, 0.15) is 135 Å². The predicted molar refractivity (Wildman–Crippen MR) is 271 cm³/mol. The third kappa shape index (κ3) is 22.6. The SMILES string of the molecule is CCCC(=O)N(C)[C@H](CSCCCCNCC(C)C)C(=O)N(C)[C@@H](CC(C)(C)O)C(=O)N[C@H](C(=O)N(C)[C@@H](CC(C)C)C(=O)N[C@H](C)C(=O)N[C@@H](C)C(=O)N(C)[C@@H](CC(C)C)C(=O)NC)C(C)C. The van der Waals surface area contributed by atoms with Crippen molar-refractivity contribution in [2.45, 2.75) is 183 Å². The summed E-state index contributed by atoms with van der Waals surface area (Å²) in [4.78, 5) is 115. The van der Waals surface area contributed by atoms with Gasteiger partial charge in [0, 0.05) is 53.8 Å². The second kappa shape index (κ2) is 31.3. The second-order valence-electron chi connectivity index (χ2n) is 20.6. The van der Waals surface area contributed by atoms with Crippen LogP contribution in [0.3, 0.4) is 0 Å². The molecule has 0 aliphatic heterocycles. The van der Waals surface area contributed by atoms with Crippen molar-refractivity contribution in [1.82, 2.24) is 46.2 Å². The molecule has 0 aromatic heterocycles. The van der Waals surface area contributed by atoms with Gasteiger partial charge in [0.15, 0.2) is 0 Å². The summed E-state index contributed by atoms with van der Waals surface area (Å²) >= 11 is 1.56. The van der Waals surface area contributed by atoms with E-state index in [0.717, 1.165) is 31.7 Å². The summed E-state index contributed by atoms with van der Waals surface area (Å²) in [6.07, 6.45) is 3.15. The summed E-state index contributed by atoms with van der Waals surface area (Å²) in [5.41, 5.74) is -1.42. The van der Waals surface area contributed by atoms with Crippen LogP contribution in [-0.4, -0.2) is 180 Å². The van der Waals surface area contributed by atoms with Gasteiger partial charge in [-0.15, -0.1) is 0 Å². The molecule has 7 atom stereocenters. The van der Waals surface area contributed by atoms with Gasteiger partial charge in [-0.1, -0.05) is 62.3 Å². The Bertz CT molecular complexity index is 1620. The van der Waals surface area contributed by atoms with E-state index in [2.05, 4.69) is 40.4 Å². The Kier molecular flexibility index (Phi) is 29.5. The fourth-order valence-electron chi connectivity index (χ4n) is 7.53. The Morgan fingerprint density at radius 1 is 0.588 bits per heavy atom. The average Bonchev–Trinajstić information content (AvgIpc) is 3.24. The van der Waals surface area contributed by atoms with Gasteiger partial charge in [0.2, 0.25) is 47.3 Å². The minimum Gasteiger partial charge on any atom is -0.390 e. The molecule has 0 radical (unpaired) electrons. The molecule has 68 heavy (non-hydrogen) atoms. The van der Waals surface area contributed by atoms with Gasteiger partial charge in [0.05, 0.1) is 5.60 Å². The molecular weight excluding hydrogens is 891 g/mol. The number of nitrogens with zero attached hydrogens (tertiary/aromatic N) is 4. The number of nitrogens with one attached hydrogen (secondary N) is 5. The first-order chi connectivity index (χ1) is 31.4. The summed E-state index contributed by atoms with van der Waals surface area (Å²) in [7, 11) is 7.51. The summed E-state index contributed by atoms with van der Waals surface area (Å²) in [6.45, 7) is 25.1. The lowest BCUT2D eigenvalue weighted by Gasteiger charge is -2.38. The highest BCUT2D eigenvalue weighted by molar-refractivity contribution is 7.99. The molecule has 0 aromatic carbocycles. The van der Waals surface area contributed by atoms with Crippen molar-refractivity contribution >= 4 is 59.0 Å². The van der Waals surface area contributed by atoms with E-state index in [9.17, 15) is 43.5 Å². The quantitative estimate of drug-likeness (QED) is 0.0537. The highest BCUT2D eigenvalue weighted by atomic mass is 32.2. The number of amides is 8. The molecule has 0 fully saturated rings. The monoisotopic (exact) mass is 984 g/mol. The molecule has 0 rings (SSSR count). The van der Waals surface area contributed by atoms with Crippen LogP contribution in [0.5, 0.6) is 0 Å². The fraction of sp³-hybridized carbons (Fsp3) is 0.837. The number of carbonyl (C=O) groups is 8. The van der Waals surface area contributed by atoms with Gasteiger partial charge in [-0.05, 0) is 102 Å². The molecule has 0 aromatic rings. The minimum atomic E-state index is -1.42. The van der Waals surface area contributed by atoms with Crippen molar-refractivity contribution in [3.8, 4) is 0 Å². The van der Waals surface area contributed by atoms with E-state index >= 15 is 0 Å². The number of rotatable bonds is 32. The Morgan fingerprint density at radius 2 is 1.09 bits per heavy atom. The number of carbonyl (C=O) groups excluding carboxylic acids is 8. The van der Waals surface area contributed by atoms with Gasteiger partial charge in [-0.3, -0.25) is 38.4 Å². The Morgan fingerprint density at radius 3 is 1.57 bits per heavy atom. The van der Waals surface area contributed by atoms with Crippen LogP contribution in [0.2, 0.25) is 0 Å². The van der Waals surface area contributed by atoms with Crippen molar-refractivity contribution in [3.05, 3.63) is 0 Å². The Balaban J connectivity index is 6.42. The number of hydrogen-bond acceptors (Lipinski definition) is 11. The number of aliphatic hydroxyl groups is 1. The van der Waals surface area contributed by atoms with Crippen LogP contribution in [0.15, 0.2) is 0 Å². The largest absolute Gasteiger partial charge is 0.390 e. The highest BCUT2D eigenvalue weighted by Gasteiger charge is 2.41. The third-order valence-corrected chi connectivity index (χ3v) is 12.9. The van der Waals surface area contributed by atoms with E-state index in [1.807, 2.05) is 34.6 Å². The van der Waals surface area contributed by atoms with Crippen LogP contribution in [0, 0.1) is 23.7 Å². The number of unbranched alkanes of at least 4 members (excludes halogenated alkanes) is 1. The molecule has 0 unspecified atom stereocenters. The molecule has 0 saturated heterocycles. The smallest absolute Gasteiger partial charge is 0.246 e. The van der Waals surface area contributed by atoms with Gasteiger partial charge in [-0.25, -0.2) is 0 Å². The Labute approximate surface area is 413 Å². The number of likely N-dealkylation sites (N-methyl/N-ethyl adjacent to an activating group) is 5. The molecule has 0 aliphatic rings. The first kappa shape index (κ1) is 64.0. The zero-order valence-electron chi connectivity index (χ0n) is 45.0. The molecule has 0 heterocycles.